The van der Waals surface area contributed by atoms with Gasteiger partial charge in [-0.3, -0.25) is 0 Å². The summed E-state index contributed by atoms with van der Waals surface area (Å²) < 4.78 is 0. The van der Waals surface area contributed by atoms with Gasteiger partial charge in [0.2, 0.25) is 0 Å². The first kappa shape index (κ1) is 16.9. The van der Waals surface area contributed by atoms with Crippen LogP contribution in [0.4, 0.5) is 0 Å². The molecule has 0 radical (unpaired) electrons. The molecule has 4 rings (SSSR count). The molecule has 0 spiro atoms. The highest BCUT2D eigenvalue weighted by Crippen LogP contribution is 2.45. The molecule has 0 amide bonds. The summed E-state index contributed by atoms with van der Waals surface area (Å²) >= 11 is 14.2. The van der Waals surface area contributed by atoms with Gasteiger partial charge in [-0.1, -0.05) is 48.5 Å². The van der Waals surface area contributed by atoms with Crippen LogP contribution in [0.2, 0.25) is 10.0 Å². The Balaban J connectivity index is 1.56. The van der Waals surface area contributed by atoms with Gasteiger partial charge in [-0.15, -0.1) is 11.3 Å². The zero-order valence-corrected chi connectivity index (χ0v) is 16.1. The normalized spacial score (nSPS) is 24.8. The molecule has 0 saturated heterocycles. The van der Waals surface area contributed by atoms with Gasteiger partial charge in [-0.2, -0.15) is 0 Å². The fraction of sp³-hybridized carbons (Fsp3) is 0.500. The van der Waals surface area contributed by atoms with E-state index >= 15 is 0 Å². The average Bonchev–Trinajstić information content (AvgIpc) is 3.09. The number of fused-ring (bicyclic) bond motifs is 1. The van der Waals surface area contributed by atoms with Crippen molar-refractivity contribution in [3.8, 4) is 0 Å². The number of rotatable bonds is 3. The second-order valence-electron chi connectivity index (χ2n) is 7.10. The summed E-state index contributed by atoms with van der Waals surface area (Å²) in [6, 6.07) is 9.67. The van der Waals surface area contributed by atoms with Crippen LogP contribution in [0.3, 0.4) is 0 Å². The zero-order valence-electron chi connectivity index (χ0n) is 13.7. The maximum Gasteiger partial charge on any atom is 0.0595 e. The van der Waals surface area contributed by atoms with Crippen molar-refractivity contribution in [2.45, 2.75) is 62.9 Å². The first-order valence-corrected chi connectivity index (χ1v) is 10.6. The lowest BCUT2D eigenvalue weighted by atomic mass is 9.81. The number of thiophene rings is 1. The van der Waals surface area contributed by atoms with Crippen LogP contribution in [0.5, 0.6) is 0 Å². The quantitative estimate of drug-likeness (QED) is 0.608. The molecule has 1 heterocycles. The Morgan fingerprint density at radius 1 is 0.917 bits per heavy atom. The van der Waals surface area contributed by atoms with Crippen molar-refractivity contribution < 1.29 is 0 Å². The van der Waals surface area contributed by atoms with Gasteiger partial charge in [0.25, 0.3) is 0 Å². The van der Waals surface area contributed by atoms with Crippen molar-refractivity contribution >= 4 is 34.5 Å². The third kappa shape index (κ3) is 3.39. The summed E-state index contributed by atoms with van der Waals surface area (Å²) in [7, 11) is 0. The molecule has 1 N–H and O–H groups in total. The molecule has 1 saturated carbocycles. The molecular weight excluding hydrogens is 357 g/mol. The minimum atomic E-state index is 0.458. The van der Waals surface area contributed by atoms with Crippen LogP contribution < -0.4 is 5.32 Å². The molecule has 1 aromatic heterocycles. The summed E-state index contributed by atoms with van der Waals surface area (Å²) in [4.78, 5) is 1.51. The van der Waals surface area contributed by atoms with Gasteiger partial charge in [-0.25, -0.2) is 0 Å². The van der Waals surface area contributed by atoms with Gasteiger partial charge in [0.05, 0.1) is 10.0 Å². The largest absolute Gasteiger partial charge is 0.307 e. The molecule has 2 unspecified atom stereocenters. The Morgan fingerprint density at radius 3 is 2.54 bits per heavy atom. The van der Waals surface area contributed by atoms with Crippen LogP contribution in [0, 0.1) is 0 Å². The molecule has 2 atom stereocenters. The van der Waals surface area contributed by atoms with Crippen molar-refractivity contribution in [2.24, 2.45) is 0 Å². The molecular formula is C20H23Cl2NS. The first-order chi connectivity index (χ1) is 11.7. The first-order valence-electron chi connectivity index (χ1n) is 9.00. The van der Waals surface area contributed by atoms with Crippen LogP contribution in [0.15, 0.2) is 29.6 Å². The van der Waals surface area contributed by atoms with Gasteiger partial charge < -0.3 is 5.32 Å². The fourth-order valence-electron chi connectivity index (χ4n) is 4.30. The number of halogens is 2. The highest BCUT2D eigenvalue weighted by molar-refractivity contribution is 7.10. The lowest BCUT2D eigenvalue weighted by Crippen LogP contribution is -2.36. The standard InChI is InChI=1S/C20H23Cl2NS/c21-17-8-6-13(12-18(17)22)15-7-9-19(16-10-11-24-20(15)16)23-14-4-2-1-3-5-14/h6,8,10-12,14-15,19,23H,1-5,7,9H2. The summed E-state index contributed by atoms with van der Waals surface area (Å²) in [5.41, 5.74) is 2.80. The van der Waals surface area contributed by atoms with Gasteiger partial charge >= 0.3 is 0 Å². The van der Waals surface area contributed by atoms with E-state index in [9.17, 15) is 0 Å². The molecule has 2 aromatic rings. The number of benzene rings is 1. The molecule has 1 aromatic carbocycles. The van der Waals surface area contributed by atoms with Crippen molar-refractivity contribution in [1.29, 1.82) is 0 Å². The number of hydrogen-bond acceptors (Lipinski definition) is 2. The van der Waals surface area contributed by atoms with Crippen molar-refractivity contribution in [1.82, 2.24) is 5.32 Å². The lowest BCUT2D eigenvalue weighted by molar-refractivity contribution is 0.318. The number of hydrogen-bond donors (Lipinski definition) is 1. The highest BCUT2D eigenvalue weighted by Gasteiger charge is 2.31. The minimum Gasteiger partial charge on any atom is -0.307 e. The Hall–Kier alpha value is -0.540. The molecule has 1 nitrogen and oxygen atoms in total. The zero-order chi connectivity index (χ0) is 16.5. The van der Waals surface area contributed by atoms with E-state index in [2.05, 4.69) is 22.8 Å². The Kier molecular flexibility index (Phi) is 5.19. The third-order valence-corrected chi connectivity index (χ3v) is 7.34. The lowest BCUT2D eigenvalue weighted by Gasteiger charge is -2.34. The number of nitrogens with one attached hydrogen (secondary N) is 1. The van der Waals surface area contributed by atoms with E-state index in [1.807, 2.05) is 23.5 Å². The smallest absolute Gasteiger partial charge is 0.0595 e. The van der Waals surface area contributed by atoms with Gasteiger partial charge in [0.1, 0.15) is 0 Å². The molecule has 128 valence electrons. The minimum absolute atomic E-state index is 0.458. The van der Waals surface area contributed by atoms with Crippen LogP contribution in [-0.4, -0.2) is 6.04 Å². The molecule has 2 aliphatic carbocycles. The van der Waals surface area contributed by atoms with E-state index in [-0.39, 0.29) is 0 Å². The van der Waals surface area contributed by atoms with E-state index in [1.165, 1.54) is 60.9 Å². The van der Waals surface area contributed by atoms with Crippen molar-refractivity contribution in [3.63, 3.8) is 0 Å². The summed E-state index contributed by atoms with van der Waals surface area (Å²) in [5.74, 6) is 0.458. The van der Waals surface area contributed by atoms with Crippen LogP contribution in [0.25, 0.3) is 0 Å². The van der Waals surface area contributed by atoms with E-state index in [0.717, 1.165) is 0 Å². The molecule has 0 bridgehead atoms. The van der Waals surface area contributed by atoms with E-state index in [0.29, 0.717) is 28.0 Å². The van der Waals surface area contributed by atoms with Gasteiger partial charge in [0, 0.05) is 22.9 Å². The Bertz CT molecular complexity index is 705. The molecule has 24 heavy (non-hydrogen) atoms. The SMILES string of the molecule is Clc1ccc(C2CCC(NC3CCCCC3)c3ccsc32)cc1Cl. The van der Waals surface area contributed by atoms with Crippen LogP contribution >= 0.6 is 34.5 Å². The van der Waals surface area contributed by atoms with E-state index in [4.69, 9.17) is 23.2 Å². The van der Waals surface area contributed by atoms with Crippen molar-refractivity contribution in [3.05, 3.63) is 55.7 Å². The predicted molar refractivity (Wildman–Crippen MR) is 105 cm³/mol. The van der Waals surface area contributed by atoms with Crippen LogP contribution in [0.1, 0.15) is 72.9 Å². The highest BCUT2D eigenvalue weighted by atomic mass is 35.5. The molecule has 0 aliphatic heterocycles. The van der Waals surface area contributed by atoms with Gasteiger partial charge in [0.15, 0.2) is 0 Å². The fourth-order valence-corrected chi connectivity index (χ4v) is 5.73. The monoisotopic (exact) mass is 379 g/mol. The summed E-state index contributed by atoms with van der Waals surface area (Å²) in [5, 5.41) is 7.50. The van der Waals surface area contributed by atoms with E-state index < -0.39 is 0 Å². The van der Waals surface area contributed by atoms with Crippen molar-refractivity contribution in [2.75, 3.05) is 0 Å². The second-order valence-corrected chi connectivity index (χ2v) is 8.86. The maximum atomic E-state index is 6.25. The Labute approximate surface area is 158 Å². The molecule has 2 aliphatic rings. The molecule has 4 heteroatoms. The second kappa shape index (κ2) is 7.37. The van der Waals surface area contributed by atoms with Crippen LogP contribution in [-0.2, 0) is 0 Å². The third-order valence-electron chi connectivity index (χ3n) is 5.55. The predicted octanol–water partition coefficient (Wildman–Crippen LogP) is 6.94. The van der Waals surface area contributed by atoms with Gasteiger partial charge in [-0.05, 0) is 60.4 Å². The molecule has 1 fully saturated rings. The van der Waals surface area contributed by atoms with E-state index in [1.54, 1.807) is 0 Å². The topological polar surface area (TPSA) is 12.0 Å². The average molecular weight is 380 g/mol. The maximum absolute atomic E-state index is 6.25. The Morgan fingerprint density at radius 2 is 1.75 bits per heavy atom. The summed E-state index contributed by atoms with van der Waals surface area (Å²) in [6.07, 6.45) is 9.23. The summed E-state index contributed by atoms with van der Waals surface area (Å²) in [6.45, 7) is 0.